The molecule has 1 aromatic carbocycles. The summed E-state index contributed by atoms with van der Waals surface area (Å²) in [6, 6.07) is 9.08. The molecule has 23 heavy (non-hydrogen) atoms. The number of ether oxygens (including phenoxy) is 1. The van der Waals surface area contributed by atoms with Crippen LogP contribution in [0.5, 0.6) is 5.75 Å². The highest BCUT2D eigenvalue weighted by molar-refractivity contribution is 5.78. The van der Waals surface area contributed by atoms with Crippen molar-refractivity contribution in [3.8, 4) is 11.8 Å². The Balaban J connectivity index is 1.83. The second-order valence-corrected chi connectivity index (χ2v) is 6.19. The first kappa shape index (κ1) is 17.3. The van der Waals surface area contributed by atoms with Crippen molar-refractivity contribution in [1.29, 1.82) is 5.26 Å². The molecule has 0 aliphatic heterocycles. The van der Waals surface area contributed by atoms with Gasteiger partial charge >= 0.3 is 0 Å². The molecule has 1 aromatic rings. The van der Waals surface area contributed by atoms with Crippen LogP contribution in [0.1, 0.15) is 44.1 Å². The minimum atomic E-state index is -0.760. The summed E-state index contributed by atoms with van der Waals surface area (Å²) in [5.41, 5.74) is 0.0648. The molecule has 5 nitrogen and oxygen atoms in total. The van der Waals surface area contributed by atoms with E-state index in [-0.39, 0.29) is 18.9 Å². The lowest BCUT2D eigenvalue weighted by Crippen LogP contribution is -2.43. The van der Waals surface area contributed by atoms with Crippen LogP contribution in [0.2, 0.25) is 0 Å². The molecule has 1 aliphatic carbocycles. The van der Waals surface area contributed by atoms with E-state index < -0.39 is 5.60 Å². The Morgan fingerprint density at radius 2 is 2.04 bits per heavy atom. The maximum Gasteiger partial charge on any atom is 0.224 e. The largest absolute Gasteiger partial charge is 0.479 e. The van der Waals surface area contributed by atoms with Crippen molar-refractivity contribution < 1.29 is 14.6 Å². The molecular weight excluding hydrogens is 292 g/mol. The van der Waals surface area contributed by atoms with E-state index in [9.17, 15) is 9.90 Å². The van der Waals surface area contributed by atoms with Gasteiger partial charge < -0.3 is 15.2 Å². The van der Waals surface area contributed by atoms with Gasteiger partial charge in [-0.3, -0.25) is 4.79 Å². The number of nitrogens with zero attached hydrogens (tertiary/aromatic N) is 1. The highest BCUT2D eigenvalue weighted by Crippen LogP contribution is 2.26. The van der Waals surface area contributed by atoms with Gasteiger partial charge in [-0.2, -0.15) is 5.26 Å². The summed E-state index contributed by atoms with van der Waals surface area (Å²) in [5.74, 6) is 0.472. The predicted molar refractivity (Wildman–Crippen MR) is 86.9 cm³/mol. The van der Waals surface area contributed by atoms with Crippen LogP contribution in [0.3, 0.4) is 0 Å². The zero-order valence-corrected chi connectivity index (χ0v) is 13.4. The lowest BCUT2D eigenvalue weighted by molar-refractivity contribution is -0.121. The fourth-order valence-corrected chi connectivity index (χ4v) is 2.94. The summed E-state index contributed by atoms with van der Waals surface area (Å²) < 4.78 is 5.23. The van der Waals surface area contributed by atoms with Crippen LogP contribution in [-0.4, -0.2) is 29.8 Å². The van der Waals surface area contributed by atoms with Crippen molar-refractivity contribution in [3.05, 3.63) is 29.8 Å². The maximum absolute atomic E-state index is 12.1. The number of nitriles is 1. The molecule has 0 aromatic heterocycles. The van der Waals surface area contributed by atoms with Gasteiger partial charge in [0, 0.05) is 6.54 Å². The van der Waals surface area contributed by atoms with E-state index in [1.54, 1.807) is 18.2 Å². The van der Waals surface area contributed by atoms with Gasteiger partial charge in [-0.15, -0.1) is 0 Å². The Morgan fingerprint density at radius 3 is 2.74 bits per heavy atom. The number of hydrogen-bond donors (Lipinski definition) is 2. The zero-order valence-electron chi connectivity index (χ0n) is 13.4. The van der Waals surface area contributed by atoms with Crippen molar-refractivity contribution >= 4 is 5.91 Å². The number of rotatable bonds is 6. The number of amides is 1. The van der Waals surface area contributed by atoms with E-state index in [0.717, 1.165) is 44.1 Å². The highest BCUT2D eigenvalue weighted by atomic mass is 16.5. The van der Waals surface area contributed by atoms with Crippen molar-refractivity contribution in [3.63, 3.8) is 0 Å². The van der Waals surface area contributed by atoms with E-state index in [0.29, 0.717) is 12.3 Å². The molecule has 0 spiro atoms. The second kappa shape index (κ2) is 8.54. The predicted octanol–water partition coefficient (Wildman–Crippen LogP) is 2.33. The molecule has 1 saturated carbocycles. The third kappa shape index (κ3) is 5.91. The third-order valence-corrected chi connectivity index (χ3v) is 4.22. The van der Waals surface area contributed by atoms with E-state index >= 15 is 0 Å². The Hall–Kier alpha value is -2.06. The van der Waals surface area contributed by atoms with Crippen molar-refractivity contribution in [2.45, 2.75) is 50.5 Å². The molecule has 2 N–H and O–H groups in total. The fraction of sp³-hybridized carbons (Fsp3) is 0.556. The number of nitrogens with one attached hydrogen (secondary N) is 1. The van der Waals surface area contributed by atoms with Gasteiger partial charge in [0.2, 0.25) is 5.91 Å². The van der Waals surface area contributed by atoms with Crippen molar-refractivity contribution in [2.75, 3.05) is 13.2 Å². The molecular formula is C18H24N2O3. The quantitative estimate of drug-likeness (QED) is 0.789. The zero-order chi connectivity index (χ0) is 16.5. The van der Waals surface area contributed by atoms with E-state index in [4.69, 9.17) is 10.00 Å². The van der Waals surface area contributed by atoms with Gasteiger partial charge in [0.15, 0.2) is 6.61 Å². The third-order valence-electron chi connectivity index (χ3n) is 4.22. The summed E-state index contributed by atoms with van der Waals surface area (Å²) >= 11 is 0. The first-order chi connectivity index (χ1) is 11.1. The minimum absolute atomic E-state index is 0.0112. The van der Waals surface area contributed by atoms with Gasteiger partial charge in [-0.1, -0.05) is 37.8 Å². The summed E-state index contributed by atoms with van der Waals surface area (Å²) in [6.07, 6.45) is 6.10. The van der Waals surface area contributed by atoms with E-state index in [1.165, 1.54) is 0 Å². The number of carbonyl (C=O) groups is 1. The molecule has 1 fully saturated rings. The molecule has 1 amide bonds. The Bertz CT molecular complexity index is 558. The number of hydrogen-bond acceptors (Lipinski definition) is 4. The smallest absolute Gasteiger partial charge is 0.224 e. The average Bonchev–Trinajstić information content (AvgIpc) is 2.77. The van der Waals surface area contributed by atoms with Crippen LogP contribution >= 0.6 is 0 Å². The molecule has 0 bridgehead atoms. The monoisotopic (exact) mass is 316 g/mol. The standard InChI is InChI=1S/C18H24N2O3/c19-10-11-23-16-7-5-6-15(12-16)13-17(21)20-14-18(22)8-3-1-2-4-9-18/h5-7,12,22H,1-4,8-9,11,13-14H2,(H,20,21). The average molecular weight is 316 g/mol. The number of carbonyl (C=O) groups excluding carboxylic acids is 1. The van der Waals surface area contributed by atoms with Crippen LogP contribution in [0.4, 0.5) is 0 Å². The van der Waals surface area contributed by atoms with Crippen molar-refractivity contribution in [1.82, 2.24) is 5.32 Å². The van der Waals surface area contributed by atoms with Crippen LogP contribution in [0.25, 0.3) is 0 Å². The molecule has 1 aliphatic rings. The number of aliphatic hydroxyl groups is 1. The number of benzene rings is 1. The molecule has 0 saturated heterocycles. The van der Waals surface area contributed by atoms with E-state index in [2.05, 4.69) is 5.32 Å². The topological polar surface area (TPSA) is 82.3 Å². The van der Waals surface area contributed by atoms with Gasteiger partial charge in [-0.05, 0) is 30.5 Å². The second-order valence-electron chi connectivity index (χ2n) is 6.19. The molecule has 0 unspecified atom stereocenters. The molecule has 0 radical (unpaired) electrons. The van der Waals surface area contributed by atoms with Crippen LogP contribution in [0.15, 0.2) is 24.3 Å². The first-order valence-electron chi connectivity index (χ1n) is 8.19. The summed E-state index contributed by atoms with van der Waals surface area (Å²) in [6.45, 7) is 0.305. The highest BCUT2D eigenvalue weighted by Gasteiger charge is 2.28. The maximum atomic E-state index is 12.1. The van der Waals surface area contributed by atoms with Gasteiger partial charge in [0.05, 0.1) is 12.0 Å². The molecule has 5 heteroatoms. The van der Waals surface area contributed by atoms with Gasteiger partial charge in [0.1, 0.15) is 11.8 Å². The lowest BCUT2D eigenvalue weighted by Gasteiger charge is -2.26. The van der Waals surface area contributed by atoms with Crippen LogP contribution in [-0.2, 0) is 11.2 Å². The fourth-order valence-electron chi connectivity index (χ4n) is 2.94. The SMILES string of the molecule is N#CCOc1cccc(CC(=O)NCC2(O)CCCCCC2)c1. The first-order valence-corrected chi connectivity index (χ1v) is 8.19. The van der Waals surface area contributed by atoms with Gasteiger partial charge in [0.25, 0.3) is 0 Å². The summed E-state index contributed by atoms with van der Waals surface area (Å²) in [5, 5.41) is 21.9. The van der Waals surface area contributed by atoms with E-state index in [1.807, 2.05) is 12.1 Å². The Labute approximate surface area is 137 Å². The van der Waals surface area contributed by atoms with Gasteiger partial charge in [-0.25, -0.2) is 0 Å². The molecule has 0 heterocycles. The lowest BCUT2D eigenvalue weighted by atomic mass is 9.94. The molecule has 0 atom stereocenters. The Kier molecular flexibility index (Phi) is 6.42. The molecule has 124 valence electrons. The summed E-state index contributed by atoms with van der Waals surface area (Å²) in [4.78, 5) is 12.1. The van der Waals surface area contributed by atoms with Crippen molar-refractivity contribution in [2.24, 2.45) is 0 Å². The van der Waals surface area contributed by atoms with Crippen LogP contribution < -0.4 is 10.1 Å². The van der Waals surface area contributed by atoms with Crippen LogP contribution in [0, 0.1) is 11.3 Å². The Morgan fingerprint density at radius 1 is 1.30 bits per heavy atom. The summed E-state index contributed by atoms with van der Waals surface area (Å²) in [7, 11) is 0. The molecule has 2 rings (SSSR count). The normalized spacial score (nSPS) is 16.9. The minimum Gasteiger partial charge on any atom is -0.479 e.